The zero-order valence-corrected chi connectivity index (χ0v) is 11.1. The van der Waals surface area contributed by atoms with E-state index >= 15 is 0 Å². The lowest BCUT2D eigenvalue weighted by atomic mass is 10.1. The summed E-state index contributed by atoms with van der Waals surface area (Å²) in [5.41, 5.74) is 5.36. The van der Waals surface area contributed by atoms with Gasteiger partial charge < -0.3 is 15.5 Å². The average molecular weight is 253 g/mol. The second kappa shape index (κ2) is 5.69. The first kappa shape index (κ1) is 13.3. The van der Waals surface area contributed by atoms with Gasteiger partial charge in [-0.15, -0.1) is 0 Å². The predicted octanol–water partition coefficient (Wildman–Crippen LogP) is 0.195. The van der Waals surface area contributed by atoms with Gasteiger partial charge in [0.25, 0.3) is 0 Å². The van der Waals surface area contributed by atoms with Crippen LogP contribution in [0.3, 0.4) is 0 Å². The third-order valence-corrected chi connectivity index (χ3v) is 4.04. The van der Waals surface area contributed by atoms with Crippen molar-refractivity contribution in [2.75, 3.05) is 26.2 Å². The molecule has 2 atom stereocenters. The molecule has 102 valence electrons. The van der Waals surface area contributed by atoms with Crippen LogP contribution in [-0.4, -0.2) is 53.8 Å². The Morgan fingerprint density at radius 3 is 2.67 bits per heavy atom. The summed E-state index contributed by atoms with van der Waals surface area (Å²) in [6, 6.07) is -0.416. The molecule has 2 aliphatic rings. The van der Waals surface area contributed by atoms with Gasteiger partial charge in [-0.2, -0.15) is 0 Å². The molecule has 2 N–H and O–H groups in total. The average Bonchev–Trinajstić information content (AvgIpc) is 2.91. The Morgan fingerprint density at radius 1 is 1.44 bits per heavy atom. The molecule has 2 aliphatic heterocycles. The first-order valence-corrected chi connectivity index (χ1v) is 6.93. The molecule has 0 radical (unpaired) electrons. The first-order valence-electron chi connectivity index (χ1n) is 6.93. The lowest BCUT2D eigenvalue weighted by Crippen LogP contribution is -2.45. The van der Waals surface area contributed by atoms with Gasteiger partial charge in [-0.25, -0.2) is 0 Å². The van der Waals surface area contributed by atoms with Gasteiger partial charge in [0.05, 0.1) is 0 Å². The number of rotatable bonds is 5. The van der Waals surface area contributed by atoms with Gasteiger partial charge in [0.2, 0.25) is 11.8 Å². The maximum absolute atomic E-state index is 12.0. The van der Waals surface area contributed by atoms with Gasteiger partial charge in [-0.05, 0) is 38.3 Å². The van der Waals surface area contributed by atoms with Gasteiger partial charge >= 0.3 is 0 Å². The molecule has 2 heterocycles. The van der Waals surface area contributed by atoms with E-state index < -0.39 is 6.04 Å². The molecule has 2 amide bonds. The zero-order chi connectivity index (χ0) is 13.1. The SMILES string of the molecule is CC[C@@H](C(N)=O)N1CC(CN2CCCC2)CC1=O. The Balaban J connectivity index is 1.91. The van der Waals surface area contributed by atoms with Gasteiger partial charge in [-0.3, -0.25) is 9.59 Å². The summed E-state index contributed by atoms with van der Waals surface area (Å²) in [4.78, 5) is 27.4. The molecule has 1 unspecified atom stereocenters. The number of carbonyl (C=O) groups is 2. The monoisotopic (exact) mass is 253 g/mol. The highest BCUT2D eigenvalue weighted by atomic mass is 16.2. The molecule has 2 rings (SSSR count). The molecule has 0 spiro atoms. The topological polar surface area (TPSA) is 66.6 Å². The number of amides is 2. The summed E-state index contributed by atoms with van der Waals surface area (Å²) in [5.74, 6) is 0.0709. The van der Waals surface area contributed by atoms with E-state index in [0.717, 1.165) is 19.6 Å². The zero-order valence-electron chi connectivity index (χ0n) is 11.1. The minimum absolute atomic E-state index is 0.0878. The molecule has 2 saturated heterocycles. The van der Waals surface area contributed by atoms with E-state index in [-0.39, 0.29) is 11.8 Å². The van der Waals surface area contributed by atoms with Crippen molar-refractivity contribution in [2.45, 2.75) is 38.6 Å². The number of hydrogen-bond donors (Lipinski definition) is 1. The van der Waals surface area contributed by atoms with E-state index in [4.69, 9.17) is 5.73 Å². The number of carbonyl (C=O) groups excluding carboxylic acids is 2. The van der Waals surface area contributed by atoms with Crippen LogP contribution in [0.15, 0.2) is 0 Å². The van der Waals surface area contributed by atoms with Crippen LogP contribution in [0.5, 0.6) is 0 Å². The van der Waals surface area contributed by atoms with Crippen molar-refractivity contribution >= 4 is 11.8 Å². The molecule has 0 aliphatic carbocycles. The van der Waals surface area contributed by atoms with Crippen molar-refractivity contribution in [1.82, 2.24) is 9.80 Å². The molecular weight excluding hydrogens is 230 g/mol. The second-order valence-corrected chi connectivity index (χ2v) is 5.45. The summed E-state index contributed by atoms with van der Waals surface area (Å²) in [6.07, 6.45) is 3.71. The van der Waals surface area contributed by atoms with Crippen molar-refractivity contribution in [3.8, 4) is 0 Å². The van der Waals surface area contributed by atoms with Crippen LogP contribution in [0.2, 0.25) is 0 Å². The van der Waals surface area contributed by atoms with Crippen LogP contribution < -0.4 is 5.73 Å². The summed E-state index contributed by atoms with van der Waals surface area (Å²) in [7, 11) is 0. The lowest BCUT2D eigenvalue weighted by molar-refractivity contribution is -0.136. The molecule has 0 aromatic rings. The maximum atomic E-state index is 12.0. The van der Waals surface area contributed by atoms with E-state index in [1.165, 1.54) is 12.8 Å². The van der Waals surface area contributed by atoms with Crippen molar-refractivity contribution in [3.05, 3.63) is 0 Å². The maximum Gasteiger partial charge on any atom is 0.240 e. The number of hydrogen-bond acceptors (Lipinski definition) is 3. The third kappa shape index (κ3) is 2.83. The van der Waals surface area contributed by atoms with Crippen LogP contribution in [0, 0.1) is 5.92 Å². The van der Waals surface area contributed by atoms with E-state index in [1.807, 2.05) is 6.92 Å². The van der Waals surface area contributed by atoms with Crippen LogP contribution >= 0.6 is 0 Å². The highest BCUT2D eigenvalue weighted by Gasteiger charge is 2.36. The smallest absolute Gasteiger partial charge is 0.240 e. The summed E-state index contributed by atoms with van der Waals surface area (Å²) in [6.45, 7) is 5.88. The Hall–Kier alpha value is -1.10. The molecule has 5 nitrogen and oxygen atoms in total. The minimum Gasteiger partial charge on any atom is -0.368 e. The van der Waals surface area contributed by atoms with E-state index in [2.05, 4.69) is 4.90 Å². The Morgan fingerprint density at radius 2 is 2.11 bits per heavy atom. The molecule has 0 aromatic carbocycles. The van der Waals surface area contributed by atoms with Crippen molar-refractivity contribution < 1.29 is 9.59 Å². The minimum atomic E-state index is -0.416. The van der Waals surface area contributed by atoms with Crippen molar-refractivity contribution in [3.63, 3.8) is 0 Å². The van der Waals surface area contributed by atoms with Gasteiger partial charge in [0.15, 0.2) is 0 Å². The normalized spacial score (nSPS) is 26.8. The Bertz CT molecular complexity index is 326. The molecule has 0 bridgehead atoms. The first-order chi connectivity index (χ1) is 8.61. The summed E-state index contributed by atoms with van der Waals surface area (Å²) >= 11 is 0. The molecule has 0 saturated carbocycles. The standard InChI is InChI=1S/C13H23N3O2/c1-2-11(13(14)18)16-9-10(7-12(16)17)8-15-5-3-4-6-15/h10-11H,2-9H2,1H3,(H2,14,18)/t10?,11-/m0/s1. The number of primary amides is 1. The molecule has 5 heteroatoms. The summed E-state index contributed by atoms with van der Waals surface area (Å²) < 4.78 is 0. The fourth-order valence-corrected chi connectivity index (χ4v) is 3.14. The van der Waals surface area contributed by atoms with Gasteiger partial charge in [0.1, 0.15) is 6.04 Å². The van der Waals surface area contributed by atoms with E-state index in [9.17, 15) is 9.59 Å². The molecular formula is C13H23N3O2. The Labute approximate surface area is 108 Å². The highest BCUT2D eigenvalue weighted by Crippen LogP contribution is 2.23. The van der Waals surface area contributed by atoms with Crippen LogP contribution in [0.25, 0.3) is 0 Å². The molecule has 2 fully saturated rings. The van der Waals surface area contributed by atoms with Crippen LogP contribution in [-0.2, 0) is 9.59 Å². The quantitative estimate of drug-likeness (QED) is 0.761. The van der Waals surface area contributed by atoms with Crippen LogP contribution in [0.4, 0.5) is 0 Å². The third-order valence-electron chi connectivity index (χ3n) is 4.04. The van der Waals surface area contributed by atoms with Crippen molar-refractivity contribution in [2.24, 2.45) is 11.7 Å². The van der Waals surface area contributed by atoms with E-state index in [0.29, 0.717) is 25.3 Å². The van der Waals surface area contributed by atoms with Crippen molar-refractivity contribution in [1.29, 1.82) is 0 Å². The predicted molar refractivity (Wildman–Crippen MR) is 68.8 cm³/mol. The number of nitrogens with two attached hydrogens (primary N) is 1. The number of nitrogens with zero attached hydrogens (tertiary/aromatic N) is 2. The molecule has 0 aromatic heterocycles. The number of likely N-dealkylation sites (tertiary alicyclic amines) is 2. The fraction of sp³-hybridized carbons (Fsp3) is 0.846. The highest BCUT2D eigenvalue weighted by molar-refractivity contribution is 5.87. The summed E-state index contributed by atoms with van der Waals surface area (Å²) in [5, 5.41) is 0. The van der Waals surface area contributed by atoms with Gasteiger partial charge in [0, 0.05) is 19.5 Å². The van der Waals surface area contributed by atoms with Crippen LogP contribution in [0.1, 0.15) is 32.6 Å². The Kier molecular flexibility index (Phi) is 4.22. The fourth-order valence-electron chi connectivity index (χ4n) is 3.14. The molecule has 18 heavy (non-hydrogen) atoms. The van der Waals surface area contributed by atoms with Gasteiger partial charge in [-0.1, -0.05) is 6.92 Å². The second-order valence-electron chi connectivity index (χ2n) is 5.45. The van der Waals surface area contributed by atoms with E-state index in [1.54, 1.807) is 4.90 Å². The largest absolute Gasteiger partial charge is 0.368 e. The lowest BCUT2D eigenvalue weighted by Gasteiger charge is -2.25.